The van der Waals surface area contributed by atoms with E-state index >= 15 is 0 Å². The van der Waals surface area contributed by atoms with Crippen molar-refractivity contribution >= 4 is 37.3 Å². The molecule has 7 heteroatoms. The fraction of sp³-hybridized carbons (Fsp3) is 0.636. The first-order chi connectivity index (χ1) is 8.57. The number of hydrogen-bond acceptors (Lipinski definition) is 4. The van der Waals surface area contributed by atoms with Crippen LogP contribution in [0.2, 0.25) is 0 Å². The molecular weight excluding hydrogens is 336 g/mol. The van der Waals surface area contributed by atoms with Crippen LogP contribution in [-0.4, -0.2) is 49.8 Å². The summed E-state index contributed by atoms with van der Waals surface area (Å²) in [5.74, 6) is 0. The van der Waals surface area contributed by atoms with E-state index in [9.17, 15) is 8.42 Å². The molecule has 0 radical (unpaired) electrons. The molecule has 2 aliphatic rings. The lowest BCUT2D eigenvalue weighted by Gasteiger charge is -2.33. The average Bonchev–Trinajstić information content (AvgIpc) is 3.11. The lowest BCUT2D eigenvalue weighted by atomic mass is 10.3. The molecule has 1 aliphatic heterocycles. The molecule has 2 fully saturated rings. The third-order valence-corrected chi connectivity index (χ3v) is 7.47. The Labute approximate surface area is 120 Å². The molecule has 1 saturated heterocycles. The lowest BCUT2D eigenvalue weighted by molar-refractivity contribution is 0.181. The van der Waals surface area contributed by atoms with Crippen molar-refractivity contribution in [2.24, 2.45) is 0 Å². The smallest absolute Gasteiger partial charge is 0.252 e. The van der Waals surface area contributed by atoms with E-state index in [1.807, 2.05) is 0 Å². The summed E-state index contributed by atoms with van der Waals surface area (Å²) in [5.41, 5.74) is 0. The van der Waals surface area contributed by atoms with Crippen molar-refractivity contribution in [3.63, 3.8) is 0 Å². The average molecular weight is 351 g/mol. The van der Waals surface area contributed by atoms with Crippen LogP contribution >= 0.6 is 27.3 Å². The predicted molar refractivity (Wildman–Crippen MR) is 75.4 cm³/mol. The molecule has 0 spiro atoms. The first kappa shape index (κ1) is 13.1. The zero-order chi connectivity index (χ0) is 12.8. The van der Waals surface area contributed by atoms with E-state index in [-0.39, 0.29) is 0 Å². The lowest BCUT2D eigenvalue weighted by Crippen LogP contribution is -2.49. The van der Waals surface area contributed by atoms with Crippen molar-refractivity contribution in [2.75, 3.05) is 26.2 Å². The maximum absolute atomic E-state index is 12.4. The van der Waals surface area contributed by atoms with Crippen molar-refractivity contribution in [1.29, 1.82) is 0 Å². The number of sulfonamides is 1. The van der Waals surface area contributed by atoms with Gasteiger partial charge in [-0.15, -0.1) is 11.3 Å². The van der Waals surface area contributed by atoms with Gasteiger partial charge in [0.1, 0.15) is 4.21 Å². The van der Waals surface area contributed by atoms with E-state index in [0.29, 0.717) is 17.3 Å². The molecule has 1 aliphatic carbocycles. The molecule has 0 aromatic carbocycles. The first-order valence-electron chi connectivity index (χ1n) is 6.07. The Hall–Kier alpha value is 0.0500. The summed E-state index contributed by atoms with van der Waals surface area (Å²) in [6, 6.07) is 4.20. The van der Waals surface area contributed by atoms with Crippen LogP contribution in [0.1, 0.15) is 12.8 Å². The summed E-state index contributed by atoms with van der Waals surface area (Å²) in [4.78, 5) is 2.41. The van der Waals surface area contributed by atoms with Gasteiger partial charge < -0.3 is 0 Å². The summed E-state index contributed by atoms with van der Waals surface area (Å²) >= 11 is 4.59. The van der Waals surface area contributed by atoms with Crippen LogP contribution in [0.4, 0.5) is 0 Å². The number of rotatable bonds is 3. The molecule has 18 heavy (non-hydrogen) atoms. The number of halogens is 1. The molecule has 0 amide bonds. The van der Waals surface area contributed by atoms with E-state index in [2.05, 4.69) is 20.8 Å². The van der Waals surface area contributed by atoms with Crippen molar-refractivity contribution in [1.82, 2.24) is 9.21 Å². The van der Waals surface area contributed by atoms with Crippen LogP contribution in [0.5, 0.6) is 0 Å². The number of piperazine rings is 1. The highest BCUT2D eigenvalue weighted by Gasteiger charge is 2.35. The van der Waals surface area contributed by atoms with Crippen LogP contribution in [0.25, 0.3) is 0 Å². The minimum Gasteiger partial charge on any atom is -0.298 e. The van der Waals surface area contributed by atoms with Gasteiger partial charge >= 0.3 is 0 Å². The monoisotopic (exact) mass is 350 g/mol. The molecule has 1 aromatic heterocycles. The van der Waals surface area contributed by atoms with Gasteiger partial charge in [-0.1, -0.05) is 0 Å². The Morgan fingerprint density at radius 2 is 1.83 bits per heavy atom. The summed E-state index contributed by atoms with van der Waals surface area (Å²) in [5, 5.41) is 0. The Kier molecular flexibility index (Phi) is 3.53. The Morgan fingerprint density at radius 3 is 2.33 bits per heavy atom. The normalized spacial score (nSPS) is 23.4. The van der Waals surface area contributed by atoms with Crippen molar-refractivity contribution in [3.05, 3.63) is 15.9 Å². The second kappa shape index (κ2) is 4.86. The van der Waals surface area contributed by atoms with E-state index in [1.165, 1.54) is 24.2 Å². The molecule has 3 rings (SSSR count). The highest BCUT2D eigenvalue weighted by Crippen LogP contribution is 2.31. The third-order valence-electron chi connectivity index (χ3n) is 3.48. The van der Waals surface area contributed by atoms with Gasteiger partial charge in [0.05, 0.1) is 3.79 Å². The summed E-state index contributed by atoms with van der Waals surface area (Å²) in [6.07, 6.45) is 2.56. The molecule has 4 nitrogen and oxygen atoms in total. The minimum atomic E-state index is -3.27. The third kappa shape index (κ3) is 2.51. The quantitative estimate of drug-likeness (QED) is 0.836. The van der Waals surface area contributed by atoms with Gasteiger partial charge in [-0.25, -0.2) is 8.42 Å². The standard InChI is InChI=1S/C11H15BrN2O2S2/c12-10-3-4-11(17-10)18(15,16)14-7-5-13(6-8-14)9-1-2-9/h3-4,9H,1-2,5-8H2. The fourth-order valence-corrected chi connectivity index (χ4v) is 5.90. The van der Waals surface area contributed by atoms with Gasteiger partial charge in [-0.2, -0.15) is 4.31 Å². The van der Waals surface area contributed by atoms with Gasteiger partial charge in [0.25, 0.3) is 10.0 Å². The largest absolute Gasteiger partial charge is 0.298 e. The Morgan fingerprint density at radius 1 is 1.17 bits per heavy atom. The van der Waals surface area contributed by atoms with Crippen molar-refractivity contribution in [2.45, 2.75) is 23.1 Å². The SMILES string of the molecule is O=S(=O)(c1ccc(Br)s1)N1CCN(C2CC2)CC1. The second-order valence-corrected chi connectivity index (χ2v) is 9.36. The van der Waals surface area contributed by atoms with E-state index in [1.54, 1.807) is 16.4 Å². The Bertz CT molecular complexity index is 531. The van der Waals surface area contributed by atoms with E-state index in [4.69, 9.17) is 0 Å². The molecule has 100 valence electrons. The van der Waals surface area contributed by atoms with Gasteiger partial charge in [0.15, 0.2) is 0 Å². The molecule has 0 N–H and O–H groups in total. The fourth-order valence-electron chi connectivity index (χ4n) is 2.31. The zero-order valence-electron chi connectivity index (χ0n) is 9.88. The number of thiophene rings is 1. The van der Waals surface area contributed by atoms with E-state index < -0.39 is 10.0 Å². The van der Waals surface area contributed by atoms with Gasteiger partial charge in [0.2, 0.25) is 0 Å². The van der Waals surface area contributed by atoms with Gasteiger partial charge in [-0.3, -0.25) is 4.90 Å². The van der Waals surface area contributed by atoms with Crippen LogP contribution in [0.15, 0.2) is 20.1 Å². The predicted octanol–water partition coefficient (Wildman–Crippen LogP) is 1.98. The topological polar surface area (TPSA) is 40.6 Å². The summed E-state index contributed by atoms with van der Waals surface area (Å²) in [6.45, 7) is 2.98. The van der Waals surface area contributed by atoms with Crippen LogP contribution < -0.4 is 0 Å². The molecule has 0 atom stereocenters. The highest BCUT2D eigenvalue weighted by atomic mass is 79.9. The minimum absolute atomic E-state index is 0.439. The molecule has 1 saturated carbocycles. The van der Waals surface area contributed by atoms with Gasteiger partial charge in [0, 0.05) is 32.2 Å². The second-order valence-electron chi connectivity index (χ2n) is 4.73. The molecule has 0 bridgehead atoms. The van der Waals surface area contributed by atoms with E-state index in [0.717, 1.165) is 22.9 Å². The van der Waals surface area contributed by atoms with Crippen LogP contribution in [0.3, 0.4) is 0 Å². The van der Waals surface area contributed by atoms with Crippen LogP contribution in [0, 0.1) is 0 Å². The summed E-state index contributed by atoms with van der Waals surface area (Å²) < 4.78 is 27.7. The first-order valence-corrected chi connectivity index (χ1v) is 9.12. The highest BCUT2D eigenvalue weighted by molar-refractivity contribution is 9.11. The zero-order valence-corrected chi connectivity index (χ0v) is 13.1. The maximum Gasteiger partial charge on any atom is 0.252 e. The van der Waals surface area contributed by atoms with Gasteiger partial charge in [-0.05, 0) is 40.9 Å². The number of nitrogens with zero attached hydrogens (tertiary/aromatic N) is 2. The molecule has 2 heterocycles. The molecular formula is C11H15BrN2O2S2. The molecule has 0 unspecified atom stereocenters. The number of hydrogen-bond donors (Lipinski definition) is 0. The van der Waals surface area contributed by atoms with Crippen LogP contribution in [-0.2, 0) is 10.0 Å². The maximum atomic E-state index is 12.4. The van der Waals surface area contributed by atoms with Crippen molar-refractivity contribution in [3.8, 4) is 0 Å². The molecule has 1 aromatic rings. The van der Waals surface area contributed by atoms with Crippen molar-refractivity contribution < 1.29 is 8.42 Å². The Balaban J connectivity index is 1.71. The summed E-state index contributed by atoms with van der Waals surface area (Å²) in [7, 11) is -3.27.